The Hall–Kier alpha value is -2.93. The van der Waals surface area contributed by atoms with Gasteiger partial charge in [-0.15, -0.1) is 5.10 Å². The predicted octanol–water partition coefficient (Wildman–Crippen LogP) is 2.70. The van der Waals surface area contributed by atoms with E-state index in [1.54, 1.807) is 23.8 Å². The molecule has 0 aliphatic carbocycles. The van der Waals surface area contributed by atoms with Crippen LogP contribution in [0.5, 0.6) is 5.88 Å². The van der Waals surface area contributed by atoms with Crippen LogP contribution in [0.4, 0.5) is 0 Å². The van der Waals surface area contributed by atoms with Gasteiger partial charge in [-0.1, -0.05) is 30.3 Å². The van der Waals surface area contributed by atoms with Crippen LogP contribution in [0.2, 0.25) is 0 Å². The molecule has 0 spiro atoms. The number of benzene rings is 1. The minimum absolute atomic E-state index is 0.00186. The van der Waals surface area contributed by atoms with Gasteiger partial charge < -0.3 is 14.7 Å². The topological polar surface area (TPSA) is 80.0 Å². The van der Waals surface area contributed by atoms with E-state index in [2.05, 4.69) is 10.1 Å². The Kier molecular flexibility index (Phi) is 4.10. The Bertz CT molecular complexity index is 1060. The van der Waals surface area contributed by atoms with Gasteiger partial charge in [0.1, 0.15) is 0 Å². The first-order valence-electron chi connectivity index (χ1n) is 10.0. The number of aliphatic hydroxyl groups is 1. The lowest BCUT2D eigenvalue weighted by Gasteiger charge is -2.44. The minimum atomic E-state index is -0.889. The van der Waals surface area contributed by atoms with Crippen LogP contribution >= 0.6 is 0 Å². The van der Waals surface area contributed by atoms with Gasteiger partial charge in [-0.2, -0.15) is 0 Å². The van der Waals surface area contributed by atoms with Crippen molar-refractivity contribution in [1.82, 2.24) is 19.5 Å². The first-order chi connectivity index (χ1) is 14.0. The van der Waals surface area contributed by atoms with E-state index in [4.69, 9.17) is 4.74 Å². The Labute approximate surface area is 168 Å². The Morgan fingerprint density at radius 1 is 1.14 bits per heavy atom. The zero-order valence-corrected chi connectivity index (χ0v) is 16.6. The molecule has 3 aromatic rings. The Morgan fingerprint density at radius 3 is 2.48 bits per heavy atom. The van der Waals surface area contributed by atoms with Crippen LogP contribution in [0.25, 0.3) is 5.65 Å². The highest BCUT2D eigenvalue weighted by atomic mass is 16.5. The van der Waals surface area contributed by atoms with Gasteiger partial charge in [0.2, 0.25) is 5.88 Å². The molecule has 4 heterocycles. The molecule has 150 valence electrons. The maximum absolute atomic E-state index is 13.6. The summed E-state index contributed by atoms with van der Waals surface area (Å²) in [7, 11) is 1.55. The third-order valence-electron chi connectivity index (χ3n) is 6.35. The molecule has 1 N–H and O–H groups in total. The van der Waals surface area contributed by atoms with Crippen LogP contribution in [0.3, 0.4) is 0 Å². The first-order valence-corrected chi connectivity index (χ1v) is 10.0. The highest BCUT2D eigenvalue weighted by Gasteiger charge is 2.50. The molecule has 2 aliphatic heterocycles. The van der Waals surface area contributed by atoms with Gasteiger partial charge in [0.15, 0.2) is 11.3 Å². The van der Waals surface area contributed by atoms with Crippen LogP contribution < -0.4 is 4.74 Å². The van der Waals surface area contributed by atoms with Gasteiger partial charge in [0, 0.05) is 31.0 Å². The summed E-state index contributed by atoms with van der Waals surface area (Å²) in [6, 6.07) is 13.3. The van der Waals surface area contributed by atoms with Gasteiger partial charge in [-0.3, -0.25) is 4.79 Å². The summed E-state index contributed by atoms with van der Waals surface area (Å²) in [6.45, 7) is 1.83. The summed E-state index contributed by atoms with van der Waals surface area (Å²) in [4.78, 5) is 20.1. The van der Waals surface area contributed by atoms with Crippen LogP contribution in [0.1, 0.15) is 47.4 Å². The molecule has 0 saturated carbocycles. The zero-order chi connectivity index (χ0) is 20.2. The number of carbonyl (C=O) groups is 1. The summed E-state index contributed by atoms with van der Waals surface area (Å²) >= 11 is 0. The summed E-state index contributed by atoms with van der Waals surface area (Å²) in [5.74, 6) is 0.363. The quantitative estimate of drug-likeness (QED) is 0.741. The van der Waals surface area contributed by atoms with E-state index in [9.17, 15) is 9.90 Å². The van der Waals surface area contributed by atoms with Crippen LogP contribution in [-0.4, -0.2) is 49.7 Å². The molecule has 1 amide bonds. The van der Waals surface area contributed by atoms with E-state index in [-0.39, 0.29) is 18.0 Å². The molecule has 2 unspecified atom stereocenters. The molecule has 2 atom stereocenters. The highest BCUT2D eigenvalue weighted by molar-refractivity contribution is 5.95. The predicted molar refractivity (Wildman–Crippen MR) is 107 cm³/mol. The monoisotopic (exact) mass is 392 g/mol. The summed E-state index contributed by atoms with van der Waals surface area (Å²) < 4.78 is 6.80. The molecule has 29 heavy (non-hydrogen) atoms. The molecule has 2 bridgehead atoms. The van der Waals surface area contributed by atoms with Crippen molar-refractivity contribution in [2.75, 3.05) is 7.11 Å². The van der Waals surface area contributed by atoms with Crippen LogP contribution in [0.15, 0.2) is 42.5 Å². The maximum Gasteiger partial charge on any atom is 0.274 e. The molecule has 5 rings (SSSR count). The van der Waals surface area contributed by atoms with Crippen molar-refractivity contribution >= 4 is 11.6 Å². The molecule has 2 saturated heterocycles. The van der Waals surface area contributed by atoms with Crippen molar-refractivity contribution in [2.24, 2.45) is 0 Å². The second kappa shape index (κ2) is 6.56. The first kappa shape index (κ1) is 18.1. The van der Waals surface area contributed by atoms with Crippen molar-refractivity contribution in [3.63, 3.8) is 0 Å². The van der Waals surface area contributed by atoms with Crippen LogP contribution in [-0.2, 0) is 5.60 Å². The van der Waals surface area contributed by atoms with E-state index >= 15 is 0 Å². The fraction of sp³-hybridized carbons (Fsp3) is 0.409. The lowest BCUT2D eigenvalue weighted by Crippen LogP contribution is -2.52. The number of methoxy groups -OCH3 is 1. The number of nitrogens with zero attached hydrogens (tertiary/aromatic N) is 4. The number of rotatable bonds is 3. The zero-order valence-electron chi connectivity index (χ0n) is 16.6. The molecule has 2 aliphatic rings. The largest absolute Gasteiger partial charge is 0.480 e. The summed E-state index contributed by atoms with van der Waals surface area (Å²) in [5, 5.41) is 15.8. The standard InChI is InChI=1S/C22H24N4O3/c1-14-20(26-18(23-14)10-11-19(24-26)29-2)21(27)25-16-8-9-17(25)13-22(28,12-16)15-6-4-3-5-7-15/h3-7,10-11,16-17,28H,8-9,12-13H2,1-2H3. The average Bonchev–Trinajstić information content (AvgIpc) is 3.21. The number of imidazole rings is 1. The molecular formula is C22H24N4O3. The number of hydrogen-bond acceptors (Lipinski definition) is 5. The maximum atomic E-state index is 13.6. The summed E-state index contributed by atoms with van der Waals surface area (Å²) in [5.41, 5.74) is 1.79. The number of fused-ring (bicyclic) bond motifs is 3. The van der Waals surface area contributed by atoms with E-state index in [1.165, 1.54) is 0 Å². The smallest absolute Gasteiger partial charge is 0.274 e. The number of aromatic nitrogens is 3. The molecule has 7 heteroatoms. The van der Waals surface area contributed by atoms with E-state index < -0.39 is 5.60 Å². The second-order valence-electron chi connectivity index (χ2n) is 8.09. The highest BCUT2D eigenvalue weighted by Crippen LogP contribution is 2.46. The van der Waals surface area contributed by atoms with Gasteiger partial charge in [-0.05, 0) is 31.4 Å². The van der Waals surface area contributed by atoms with Gasteiger partial charge in [0.25, 0.3) is 5.91 Å². The lowest BCUT2D eigenvalue weighted by atomic mass is 9.80. The number of aryl methyl sites for hydroxylation is 1. The Balaban J connectivity index is 1.50. The minimum Gasteiger partial charge on any atom is -0.480 e. The van der Waals surface area contributed by atoms with E-state index in [1.807, 2.05) is 42.2 Å². The van der Waals surface area contributed by atoms with Crippen molar-refractivity contribution in [2.45, 2.75) is 50.3 Å². The van der Waals surface area contributed by atoms with Crippen molar-refractivity contribution in [1.29, 1.82) is 0 Å². The molecule has 7 nitrogen and oxygen atoms in total. The fourth-order valence-electron chi connectivity index (χ4n) is 5.04. The lowest BCUT2D eigenvalue weighted by molar-refractivity contribution is -0.0481. The third kappa shape index (κ3) is 2.80. The number of carbonyl (C=O) groups excluding carboxylic acids is 1. The van der Waals surface area contributed by atoms with Crippen molar-refractivity contribution in [3.05, 3.63) is 59.4 Å². The SMILES string of the molecule is COc1ccc2nc(C)c(C(=O)N3C4CCC3CC(O)(c3ccccc3)C4)n2n1. The average molecular weight is 392 g/mol. The number of ether oxygens (including phenoxy) is 1. The number of amides is 1. The molecule has 2 fully saturated rings. The van der Waals surface area contributed by atoms with E-state index in [0.29, 0.717) is 35.8 Å². The molecule has 1 aromatic carbocycles. The van der Waals surface area contributed by atoms with Gasteiger partial charge in [-0.25, -0.2) is 9.50 Å². The molecular weight excluding hydrogens is 368 g/mol. The van der Waals surface area contributed by atoms with Crippen molar-refractivity contribution in [3.8, 4) is 5.88 Å². The van der Waals surface area contributed by atoms with Crippen LogP contribution in [0, 0.1) is 6.92 Å². The van der Waals surface area contributed by atoms with Gasteiger partial charge >= 0.3 is 0 Å². The summed E-state index contributed by atoms with van der Waals surface area (Å²) in [6.07, 6.45) is 2.90. The van der Waals surface area contributed by atoms with Gasteiger partial charge in [0.05, 0.1) is 18.4 Å². The number of piperidine rings is 1. The fourth-order valence-corrected chi connectivity index (χ4v) is 5.04. The van der Waals surface area contributed by atoms with E-state index in [0.717, 1.165) is 18.4 Å². The normalized spacial score (nSPS) is 26.1. The molecule has 2 aromatic heterocycles. The second-order valence-corrected chi connectivity index (χ2v) is 8.09. The Morgan fingerprint density at radius 2 is 1.83 bits per heavy atom. The molecule has 0 radical (unpaired) electrons. The third-order valence-corrected chi connectivity index (χ3v) is 6.35. The van der Waals surface area contributed by atoms with Crippen molar-refractivity contribution < 1.29 is 14.6 Å². The number of hydrogen-bond donors (Lipinski definition) is 1.